The molecule has 0 spiro atoms. The van der Waals surface area contributed by atoms with E-state index in [1.807, 2.05) is 54.6 Å². The molecular formula is C94H77N9O17S4. The Balaban J connectivity index is 0.000000135. The first-order chi connectivity index (χ1) is 59.5. The number of rotatable bonds is 25. The summed E-state index contributed by atoms with van der Waals surface area (Å²) in [5.74, 6) is -4.49. The topological polar surface area (TPSA) is 447 Å². The highest BCUT2D eigenvalue weighted by atomic mass is 32.2. The maximum Gasteiger partial charge on any atom is 0.335 e. The number of sulfone groups is 4. The third kappa shape index (κ3) is 20.1. The predicted molar refractivity (Wildman–Crippen MR) is 458 cm³/mol. The first-order valence-electron chi connectivity index (χ1n) is 39.3. The highest BCUT2D eigenvalue weighted by Crippen LogP contribution is 2.48. The van der Waals surface area contributed by atoms with Crippen LogP contribution in [0.1, 0.15) is 195 Å². The molecule has 4 N–H and O–H groups in total. The number of nitrogens with zero attached hydrogens (tertiary/aromatic N) is 9. The number of pyridine rings is 2. The van der Waals surface area contributed by atoms with Crippen molar-refractivity contribution in [2.45, 2.75) is 131 Å². The Morgan fingerprint density at radius 1 is 0.403 bits per heavy atom. The fourth-order valence-corrected chi connectivity index (χ4v) is 21.8. The standard InChI is InChI=1S/C26H22N2O5S.C24H20N2O4S.C22H17N3O4S.C22H18N2O4S/c1-16-24(14-28-33-16)18-6-8-22(20-3-2-10-27-13-20)21(11-18)15-34(31,32)25-12-19(26(29)30)7-9-23(25)17-4-5-17;25-14-16-7-9-20(22-6-1-2-11-26-22)19(12-16)15-31(29,30)23-13-18(24(27)28)8-10-21(23)17-4-3-5-17;23-12-14-2-6-19(21-24-8-1-9-25-21)17(10-14)13-30(28,29)20-11-16(22(26)27)5-7-18(20)15-3-4-15;23-12-14-3-7-18(20-2-1-9-24-20)17(10-14)13-29(27,28)21-11-16(22(25)26)6-8-19(21)15-4-5-15/h2-3,6-14,17H,4-5,15H2,1H3,(H,29,30);1-2,6-13,17H,3-5,15H2,(H,27,28);1-2,5-11,15H,3-4,13H2,(H,26,27);1-3,6-8,10-11,15H,4-5,9,13H2,(H,25,26). The third-order valence-corrected chi connectivity index (χ3v) is 28.7. The summed E-state index contributed by atoms with van der Waals surface area (Å²) in [7, 11) is -15.5. The number of nitriles is 3. The third-order valence-electron chi connectivity index (χ3n) is 21.9. The molecule has 0 amide bonds. The van der Waals surface area contributed by atoms with Crippen LogP contribution in [0.25, 0.3) is 44.9 Å². The van der Waals surface area contributed by atoms with Gasteiger partial charge < -0.3 is 24.9 Å². The van der Waals surface area contributed by atoms with Gasteiger partial charge in [0.1, 0.15) is 5.76 Å². The zero-order valence-corrected chi connectivity index (χ0v) is 69.7. The second-order valence-electron chi connectivity index (χ2n) is 30.5. The molecule has 26 nitrogen and oxygen atoms in total. The van der Waals surface area contributed by atoms with Gasteiger partial charge in [-0.3, -0.25) is 15.0 Å². The van der Waals surface area contributed by atoms with Crippen molar-refractivity contribution in [2.75, 3.05) is 6.54 Å². The van der Waals surface area contributed by atoms with E-state index in [1.54, 1.807) is 141 Å². The van der Waals surface area contributed by atoms with Gasteiger partial charge >= 0.3 is 23.9 Å². The number of carboxylic acids is 4. The number of aromatic nitrogens is 5. The number of aliphatic imine (C=N–C) groups is 1. The summed E-state index contributed by atoms with van der Waals surface area (Å²) in [6.45, 7) is 2.33. The van der Waals surface area contributed by atoms with E-state index in [9.17, 15) is 89.1 Å². The monoisotopic (exact) mass is 1730 g/mol. The zero-order chi connectivity index (χ0) is 87.8. The van der Waals surface area contributed by atoms with E-state index in [0.29, 0.717) is 107 Å². The Bertz CT molecular complexity index is 6930. The summed E-state index contributed by atoms with van der Waals surface area (Å²) in [4.78, 5) is 67.4. The summed E-state index contributed by atoms with van der Waals surface area (Å²) in [6.07, 6.45) is 21.5. The van der Waals surface area contributed by atoms with E-state index < -0.39 is 63.2 Å². The minimum Gasteiger partial charge on any atom is -0.478 e. The van der Waals surface area contributed by atoms with Crippen LogP contribution in [-0.2, 0) is 62.4 Å². The molecule has 124 heavy (non-hydrogen) atoms. The molecule has 5 heterocycles. The maximum atomic E-state index is 13.7. The molecule has 624 valence electrons. The number of aromatic carboxylic acids is 4. The van der Waals surface area contributed by atoms with Crippen LogP contribution in [0.4, 0.5) is 0 Å². The van der Waals surface area contributed by atoms with Gasteiger partial charge in [-0.1, -0.05) is 78.3 Å². The highest BCUT2D eigenvalue weighted by molar-refractivity contribution is 7.91. The van der Waals surface area contributed by atoms with Crippen LogP contribution in [0, 0.1) is 40.9 Å². The number of allylic oxidation sites excluding steroid dienone is 1. The number of benzene rings is 8. The van der Waals surface area contributed by atoms with Crippen LogP contribution in [0.2, 0.25) is 0 Å². The normalized spacial score (nSPS) is 14.2. The lowest BCUT2D eigenvalue weighted by atomic mass is 9.80. The first-order valence-corrected chi connectivity index (χ1v) is 45.9. The lowest BCUT2D eigenvalue weighted by Crippen LogP contribution is -2.16. The molecule has 4 fully saturated rings. The molecule has 0 atom stereocenters. The van der Waals surface area contributed by atoms with E-state index in [0.717, 1.165) is 80.0 Å². The molecule has 1 aliphatic heterocycles. The average Bonchev–Trinajstić information content (AvgIpc) is 1.44. The number of aryl methyl sites for hydroxylation is 1. The molecular weight excluding hydrogens is 1660 g/mol. The van der Waals surface area contributed by atoms with Gasteiger partial charge in [0.25, 0.3) is 0 Å². The van der Waals surface area contributed by atoms with E-state index in [2.05, 4.69) is 36.2 Å². The van der Waals surface area contributed by atoms with Crippen molar-refractivity contribution in [3.8, 4) is 63.1 Å². The Labute approximate surface area is 714 Å². The molecule has 4 aliphatic carbocycles. The van der Waals surface area contributed by atoms with Crippen molar-refractivity contribution in [1.29, 1.82) is 15.8 Å². The Morgan fingerprint density at radius 3 is 1.19 bits per heavy atom. The van der Waals surface area contributed by atoms with Crippen LogP contribution in [0.5, 0.6) is 0 Å². The van der Waals surface area contributed by atoms with E-state index in [1.165, 1.54) is 54.6 Å². The summed E-state index contributed by atoms with van der Waals surface area (Å²) in [5.41, 5.74) is 11.6. The molecule has 0 bridgehead atoms. The predicted octanol–water partition coefficient (Wildman–Crippen LogP) is 16.9. The van der Waals surface area contributed by atoms with Crippen LogP contribution in [-0.4, -0.2) is 115 Å². The Hall–Kier alpha value is -14.1. The summed E-state index contributed by atoms with van der Waals surface area (Å²) in [6, 6.07) is 54.3. The number of hydrogen-bond donors (Lipinski definition) is 4. The zero-order valence-electron chi connectivity index (χ0n) is 66.4. The van der Waals surface area contributed by atoms with Crippen molar-refractivity contribution in [2.24, 2.45) is 4.99 Å². The summed E-state index contributed by atoms with van der Waals surface area (Å²) >= 11 is 0. The van der Waals surface area contributed by atoms with Crippen molar-refractivity contribution >= 4 is 68.9 Å². The quantitative estimate of drug-likeness (QED) is 0.0413. The van der Waals surface area contributed by atoms with Gasteiger partial charge in [0, 0.05) is 58.8 Å². The van der Waals surface area contributed by atoms with Gasteiger partial charge in [-0.25, -0.2) is 62.8 Å². The molecule has 17 rings (SSSR count). The lowest BCUT2D eigenvalue weighted by molar-refractivity contribution is 0.0685. The van der Waals surface area contributed by atoms with Crippen LogP contribution < -0.4 is 0 Å². The molecule has 30 heteroatoms. The molecule has 0 unspecified atom stereocenters. The minimum atomic E-state index is -3.89. The van der Waals surface area contributed by atoms with Gasteiger partial charge in [-0.15, -0.1) is 0 Å². The van der Waals surface area contributed by atoms with Gasteiger partial charge in [0.2, 0.25) is 0 Å². The molecule has 12 aromatic rings. The average molecular weight is 1730 g/mol. The fourth-order valence-electron chi connectivity index (χ4n) is 15.0. The van der Waals surface area contributed by atoms with Crippen LogP contribution in [0.15, 0.2) is 260 Å². The van der Waals surface area contributed by atoms with E-state index in [4.69, 9.17) is 4.52 Å². The van der Waals surface area contributed by atoms with Crippen molar-refractivity contribution < 1.29 is 77.8 Å². The van der Waals surface area contributed by atoms with Crippen molar-refractivity contribution in [3.63, 3.8) is 0 Å². The molecule has 8 aromatic carbocycles. The largest absolute Gasteiger partial charge is 0.478 e. The Kier molecular flexibility index (Phi) is 25.5. The lowest BCUT2D eigenvalue weighted by Gasteiger charge is -2.28. The second-order valence-corrected chi connectivity index (χ2v) is 38.3. The Morgan fingerprint density at radius 2 is 0.815 bits per heavy atom. The fraction of sp³-hybridized carbons (Fsp3) is 0.202. The molecule has 4 aromatic heterocycles. The molecule has 0 radical (unpaired) electrons. The number of carboxylic acid groups (broad SMARTS) is 4. The summed E-state index contributed by atoms with van der Waals surface area (Å²) in [5, 5.41) is 69.1. The van der Waals surface area contributed by atoms with E-state index >= 15 is 0 Å². The molecule has 5 aliphatic rings. The molecule has 4 saturated carbocycles. The van der Waals surface area contributed by atoms with Gasteiger partial charge in [0.05, 0.1) is 124 Å². The van der Waals surface area contributed by atoms with Gasteiger partial charge in [-0.2, -0.15) is 15.8 Å². The van der Waals surface area contributed by atoms with E-state index in [-0.39, 0.29) is 88.5 Å². The van der Waals surface area contributed by atoms with Crippen molar-refractivity contribution in [3.05, 3.63) is 326 Å². The van der Waals surface area contributed by atoms with Crippen molar-refractivity contribution in [1.82, 2.24) is 25.1 Å². The second kappa shape index (κ2) is 36.7. The SMILES string of the molecule is Cc1oncc1-c1ccc(-c2cccnc2)c(CS(=O)(=O)c2cc(C(=O)O)ccc2C2CC2)c1.N#Cc1ccc(-c2ccccn2)c(CS(=O)(=O)c2cc(C(=O)O)ccc2C2CCC2)c1.N#Cc1ccc(-c2ncccn2)c(CS(=O)(=O)c2cc(C(=O)O)ccc2C2CC2)c1.N#Cc1ccc(C2=NCC=C2)c(CS(=O)(=O)c2cc(C(=O)O)ccc2C2CC2)c1. The molecule has 0 saturated heterocycles. The summed E-state index contributed by atoms with van der Waals surface area (Å²) < 4.78 is 113. The minimum absolute atomic E-state index is 0.0344. The van der Waals surface area contributed by atoms with Gasteiger partial charge in [0.15, 0.2) is 45.2 Å². The smallest absolute Gasteiger partial charge is 0.335 e. The van der Waals surface area contributed by atoms with Crippen LogP contribution in [0.3, 0.4) is 0 Å². The number of carbonyl (C=O) groups is 4. The number of hydrogen-bond acceptors (Lipinski definition) is 22. The van der Waals surface area contributed by atoms with Crippen LogP contribution >= 0.6 is 0 Å². The maximum absolute atomic E-state index is 13.7. The van der Waals surface area contributed by atoms with Gasteiger partial charge in [-0.05, 0) is 265 Å². The first kappa shape index (κ1) is 86.3. The highest BCUT2D eigenvalue weighted by Gasteiger charge is 2.37.